The molecule has 0 aliphatic rings. The fraction of sp³-hybridized carbons (Fsp3) is 0.960. The monoisotopic (exact) mass is 445 g/mol. The molecule has 0 fully saturated rings. The molecule has 0 heterocycles. The van der Waals surface area contributed by atoms with E-state index in [2.05, 4.69) is 17.9 Å². The standard InChI is InChI=1S/C25H51NOS2/c27-24-22-20-18-16-14-12-10-8-6-4-2-1-3-5-7-9-11-13-15-17-19-21-23-26-25(28)29/h27H,1-24H2,(H2,26,28,29). The van der Waals surface area contributed by atoms with Gasteiger partial charge in [0.1, 0.15) is 4.32 Å². The minimum atomic E-state index is 0.368. The van der Waals surface area contributed by atoms with Crippen molar-refractivity contribution in [2.75, 3.05) is 13.2 Å². The molecule has 0 atom stereocenters. The quantitative estimate of drug-likeness (QED) is 0.0792. The molecule has 0 saturated heterocycles. The first-order valence-corrected chi connectivity index (χ1v) is 13.7. The molecule has 0 saturated carbocycles. The van der Waals surface area contributed by atoms with Crippen molar-refractivity contribution >= 4 is 29.2 Å². The first kappa shape index (κ1) is 29.2. The largest absolute Gasteiger partial charge is 0.396 e. The first-order valence-electron chi connectivity index (χ1n) is 12.8. The molecule has 174 valence electrons. The van der Waals surface area contributed by atoms with Gasteiger partial charge in [0, 0.05) is 13.2 Å². The number of hydrogen-bond donors (Lipinski definition) is 3. The fourth-order valence-corrected chi connectivity index (χ4v) is 4.18. The Bertz CT molecular complexity index is 326. The van der Waals surface area contributed by atoms with Crippen LogP contribution in [0.3, 0.4) is 0 Å². The average Bonchev–Trinajstić information content (AvgIpc) is 2.71. The molecule has 0 aliphatic heterocycles. The van der Waals surface area contributed by atoms with Crippen molar-refractivity contribution in [3.05, 3.63) is 0 Å². The highest BCUT2D eigenvalue weighted by Crippen LogP contribution is 2.15. The molecule has 2 nitrogen and oxygen atoms in total. The van der Waals surface area contributed by atoms with Crippen LogP contribution in [0.25, 0.3) is 0 Å². The van der Waals surface area contributed by atoms with E-state index in [1.807, 2.05) is 0 Å². The lowest BCUT2D eigenvalue weighted by Gasteiger charge is -2.05. The van der Waals surface area contributed by atoms with Crippen LogP contribution in [0.15, 0.2) is 0 Å². The highest BCUT2D eigenvalue weighted by Gasteiger charge is 1.96. The highest BCUT2D eigenvalue weighted by molar-refractivity contribution is 8.11. The molecule has 0 amide bonds. The summed E-state index contributed by atoms with van der Waals surface area (Å²) in [5.41, 5.74) is 0. The van der Waals surface area contributed by atoms with Gasteiger partial charge in [-0.05, 0) is 12.8 Å². The summed E-state index contributed by atoms with van der Waals surface area (Å²) >= 11 is 8.94. The van der Waals surface area contributed by atoms with Gasteiger partial charge in [-0.2, -0.15) is 0 Å². The third-order valence-corrected chi connectivity index (χ3v) is 6.16. The summed E-state index contributed by atoms with van der Waals surface area (Å²) in [6, 6.07) is 0. The maximum atomic E-state index is 8.74. The minimum Gasteiger partial charge on any atom is -0.396 e. The van der Waals surface area contributed by atoms with Crippen LogP contribution >= 0.6 is 24.8 Å². The SMILES string of the molecule is OCCCCCCCCCCCCCCCCCCCCCCCCNC(=S)S. The molecule has 0 radical (unpaired) electrons. The van der Waals surface area contributed by atoms with Crippen LogP contribution in [-0.2, 0) is 0 Å². The van der Waals surface area contributed by atoms with Crippen molar-refractivity contribution in [3.8, 4) is 0 Å². The van der Waals surface area contributed by atoms with Gasteiger partial charge in [-0.3, -0.25) is 0 Å². The number of thiocarbonyl (C=S) groups is 1. The van der Waals surface area contributed by atoms with E-state index in [0.29, 0.717) is 10.9 Å². The van der Waals surface area contributed by atoms with Crippen molar-refractivity contribution < 1.29 is 5.11 Å². The molecule has 0 bridgehead atoms. The van der Waals surface area contributed by atoms with Crippen LogP contribution in [0.1, 0.15) is 141 Å². The second-order valence-electron chi connectivity index (χ2n) is 8.73. The van der Waals surface area contributed by atoms with Crippen molar-refractivity contribution in [1.82, 2.24) is 5.32 Å². The first-order chi connectivity index (χ1) is 14.3. The van der Waals surface area contributed by atoms with E-state index in [1.54, 1.807) is 0 Å². The summed E-state index contributed by atoms with van der Waals surface area (Å²) in [7, 11) is 0. The lowest BCUT2D eigenvalue weighted by molar-refractivity contribution is 0.282. The van der Waals surface area contributed by atoms with Gasteiger partial charge in [0.25, 0.3) is 0 Å². The second-order valence-corrected chi connectivity index (χ2v) is 9.89. The van der Waals surface area contributed by atoms with Crippen LogP contribution in [0, 0.1) is 0 Å². The van der Waals surface area contributed by atoms with Gasteiger partial charge < -0.3 is 10.4 Å². The lowest BCUT2D eigenvalue weighted by Crippen LogP contribution is -2.17. The number of aliphatic hydroxyl groups excluding tert-OH is 1. The molecule has 0 rings (SSSR count). The van der Waals surface area contributed by atoms with Gasteiger partial charge in [-0.25, -0.2) is 0 Å². The predicted octanol–water partition coefficient (Wildman–Crippen LogP) is 8.37. The Kier molecular flexibility index (Phi) is 26.4. The van der Waals surface area contributed by atoms with Gasteiger partial charge in [0.05, 0.1) is 0 Å². The highest BCUT2D eigenvalue weighted by atomic mass is 32.1. The lowest BCUT2D eigenvalue weighted by atomic mass is 10.0. The summed E-state index contributed by atoms with van der Waals surface area (Å²) in [5, 5.41) is 11.8. The van der Waals surface area contributed by atoms with Crippen LogP contribution in [0.2, 0.25) is 0 Å². The van der Waals surface area contributed by atoms with Crippen LogP contribution in [0.4, 0.5) is 0 Å². The summed E-state index contributed by atoms with van der Waals surface area (Å²) < 4.78 is 0.623. The number of nitrogens with one attached hydrogen (secondary N) is 1. The summed E-state index contributed by atoms with van der Waals surface area (Å²) in [6.45, 7) is 1.35. The van der Waals surface area contributed by atoms with Crippen molar-refractivity contribution in [2.45, 2.75) is 141 Å². The van der Waals surface area contributed by atoms with Crippen molar-refractivity contribution in [3.63, 3.8) is 0 Å². The van der Waals surface area contributed by atoms with Gasteiger partial charge >= 0.3 is 0 Å². The van der Waals surface area contributed by atoms with Crippen LogP contribution in [-0.4, -0.2) is 22.6 Å². The van der Waals surface area contributed by atoms with Crippen molar-refractivity contribution in [1.29, 1.82) is 0 Å². The van der Waals surface area contributed by atoms with Gasteiger partial charge in [0.15, 0.2) is 0 Å². The molecule has 0 unspecified atom stereocenters. The molecule has 0 aromatic rings. The molecule has 0 aromatic heterocycles. The topological polar surface area (TPSA) is 32.3 Å². The fourth-order valence-electron chi connectivity index (χ4n) is 3.97. The van der Waals surface area contributed by atoms with E-state index >= 15 is 0 Å². The number of unbranched alkanes of at least 4 members (excludes halogenated alkanes) is 21. The Labute approximate surface area is 193 Å². The Morgan fingerprint density at radius 2 is 0.724 bits per heavy atom. The Balaban J connectivity index is 2.99. The third kappa shape index (κ3) is 28.2. The molecular formula is C25H51NOS2. The van der Waals surface area contributed by atoms with Crippen molar-refractivity contribution in [2.24, 2.45) is 0 Å². The van der Waals surface area contributed by atoms with E-state index in [1.165, 1.54) is 135 Å². The molecule has 2 N–H and O–H groups in total. The number of rotatable bonds is 24. The Morgan fingerprint density at radius 1 is 0.483 bits per heavy atom. The zero-order valence-corrected chi connectivity index (χ0v) is 21.0. The molecule has 0 aromatic carbocycles. The maximum Gasteiger partial charge on any atom is 0.130 e. The smallest absolute Gasteiger partial charge is 0.130 e. The molecule has 0 aliphatic carbocycles. The summed E-state index contributed by atoms with van der Waals surface area (Å²) in [4.78, 5) is 0. The summed E-state index contributed by atoms with van der Waals surface area (Å²) in [5.74, 6) is 0. The third-order valence-electron chi connectivity index (χ3n) is 5.86. The number of aliphatic hydroxyl groups is 1. The molecule has 4 heteroatoms. The van der Waals surface area contributed by atoms with Gasteiger partial charge in [-0.1, -0.05) is 141 Å². The molecular weight excluding hydrogens is 394 g/mol. The van der Waals surface area contributed by atoms with Crippen LogP contribution < -0.4 is 5.32 Å². The van der Waals surface area contributed by atoms with E-state index in [4.69, 9.17) is 17.3 Å². The number of thiol groups is 1. The predicted molar refractivity (Wildman–Crippen MR) is 138 cm³/mol. The molecule has 0 spiro atoms. The van der Waals surface area contributed by atoms with Gasteiger partial charge in [0.2, 0.25) is 0 Å². The second kappa shape index (κ2) is 26.2. The summed E-state index contributed by atoms with van der Waals surface area (Å²) in [6.07, 6.45) is 30.3. The molecule has 29 heavy (non-hydrogen) atoms. The van der Waals surface area contributed by atoms with E-state index < -0.39 is 0 Å². The van der Waals surface area contributed by atoms with Gasteiger partial charge in [-0.15, -0.1) is 12.6 Å². The maximum absolute atomic E-state index is 8.74. The van der Waals surface area contributed by atoms with E-state index in [9.17, 15) is 0 Å². The normalized spacial score (nSPS) is 11.1. The Hall–Kier alpha value is 0.200. The number of hydrogen-bond acceptors (Lipinski definition) is 2. The van der Waals surface area contributed by atoms with Crippen LogP contribution in [0.5, 0.6) is 0 Å². The van der Waals surface area contributed by atoms with E-state index in [-0.39, 0.29) is 0 Å². The minimum absolute atomic E-state index is 0.368. The zero-order chi connectivity index (χ0) is 21.3. The van der Waals surface area contributed by atoms with E-state index in [0.717, 1.165) is 13.0 Å². The zero-order valence-electron chi connectivity index (χ0n) is 19.3. The Morgan fingerprint density at radius 3 is 0.966 bits per heavy atom. The average molecular weight is 446 g/mol.